The lowest BCUT2D eigenvalue weighted by Crippen LogP contribution is -2.51. The van der Waals surface area contributed by atoms with Crippen molar-refractivity contribution in [3.05, 3.63) is 23.5 Å². The van der Waals surface area contributed by atoms with Gasteiger partial charge in [-0.1, -0.05) is 46.3 Å². The number of rotatable bonds is 3. The Kier molecular flexibility index (Phi) is 5.70. The van der Waals surface area contributed by atoms with Crippen molar-refractivity contribution in [3.63, 3.8) is 0 Å². The molecule has 0 spiro atoms. The first kappa shape index (κ1) is 23.3. The number of hydrogen-bond acceptors (Lipinski definition) is 3. The van der Waals surface area contributed by atoms with Gasteiger partial charge in [0.1, 0.15) is 5.76 Å². The van der Waals surface area contributed by atoms with E-state index in [1.807, 2.05) is 0 Å². The van der Waals surface area contributed by atoms with E-state index in [1.54, 1.807) is 5.57 Å². The summed E-state index contributed by atoms with van der Waals surface area (Å²) in [6, 6.07) is 0. The van der Waals surface area contributed by atoms with Crippen LogP contribution in [0.1, 0.15) is 86.5 Å². The summed E-state index contributed by atoms with van der Waals surface area (Å²) >= 11 is 0. The Morgan fingerprint density at radius 3 is 2.35 bits per heavy atom. The second kappa shape index (κ2) is 7.58. The maximum Gasteiger partial charge on any atom is 0.307 e. The minimum absolute atomic E-state index is 0.0389. The van der Waals surface area contributed by atoms with Crippen LogP contribution < -0.4 is 0 Å². The summed E-state index contributed by atoms with van der Waals surface area (Å²) in [6.07, 6.45) is 13.4. The highest BCUT2D eigenvalue weighted by Crippen LogP contribution is 2.65. The van der Waals surface area contributed by atoms with Crippen molar-refractivity contribution in [1.29, 1.82) is 0 Å². The molecule has 0 amide bonds. The molecule has 0 heterocycles. The number of ether oxygens (including phenoxy) is 1. The molecule has 4 rings (SSSR count). The fourth-order valence-corrected chi connectivity index (χ4v) is 8.55. The number of esters is 1. The van der Waals surface area contributed by atoms with E-state index in [1.165, 1.54) is 32.6 Å². The SMILES string of the molecule is CC(=O)OC1=CCC2C3CC=C4CC(O[Si](C)(C)C(C)(C)C)CC[C@]4(C)C3CC[C@]12C. The van der Waals surface area contributed by atoms with E-state index >= 15 is 0 Å². The molecule has 3 nitrogen and oxygen atoms in total. The molecule has 31 heavy (non-hydrogen) atoms. The van der Waals surface area contributed by atoms with Crippen molar-refractivity contribution in [2.75, 3.05) is 0 Å². The van der Waals surface area contributed by atoms with Crippen LogP contribution in [-0.4, -0.2) is 20.4 Å². The van der Waals surface area contributed by atoms with Crippen molar-refractivity contribution in [2.24, 2.45) is 28.6 Å². The molecule has 0 aliphatic heterocycles. The number of fused-ring (bicyclic) bond motifs is 5. The van der Waals surface area contributed by atoms with Gasteiger partial charge >= 0.3 is 5.97 Å². The third kappa shape index (κ3) is 3.80. The zero-order valence-corrected chi connectivity index (χ0v) is 22.1. The van der Waals surface area contributed by atoms with Gasteiger partial charge in [0.15, 0.2) is 8.32 Å². The van der Waals surface area contributed by atoms with Crippen molar-refractivity contribution >= 4 is 14.3 Å². The zero-order valence-electron chi connectivity index (χ0n) is 21.1. The summed E-state index contributed by atoms with van der Waals surface area (Å²) in [7, 11) is -1.73. The fourth-order valence-electron chi connectivity index (χ4n) is 7.16. The maximum atomic E-state index is 11.6. The topological polar surface area (TPSA) is 35.5 Å². The first-order valence-electron chi connectivity index (χ1n) is 12.5. The van der Waals surface area contributed by atoms with Crippen LogP contribution in [-0.2, 0) is 14.0 Å². The predicted molar refractivity (Wildman–Crippen MR) is 129 cm³/mol. The van der Waals surface area contributed by atoms with E-state index in [-0.39, 0.29) is 16.4 Å². The molecule has 0 N–H and O–H groups in total. The third-order valence-electron chi connectivity index (χ3n) is 10.1. The fraction of sp³-hybridized carbons (Fsp3) is 0.815. The van der Waals surface area contributed by atoms with E-state index in [9.17, 15) is 4.79 Å². The lowest BCUT2D eigenvalue weighted by atomic mass is 9.48. The largest absolute Gasteiger partial charge is 0.431 e. The van der Waals surface area contributed by atoms with E-state index in [2.05, 4.69) is 59.9 Å². The molecule has 0 aromatic carbocycles. The van der Waals surface area contributed by atoms with Gasteiger partial charge in [-0.3, -0.25) is 4.79 Å². The molecule has 0 aromatic heterocycles. The summed E-state index contributed by atoms with van der Waals surface area (Å²) in [5.74, 6) is 2.85. The van der Waals surface area contributed by atoms with Crippen LogP contribution >= 0.6 is 0 Å². The van der Waals surface area contributed by atoms with Crippen LogP contribution in [0.2, 0.25) is 18.1 Å². The van der Waals surface area contributed by atoms with Crippen LogP contribution in [0.15, 0.2) is 23.5 Å². The number of carbonyl (C=O) groups excluding carboxylic acids is 1. The molecule has 0 saturated heterocycles. The summed E-state index contributed by atoms with van der Waals surface area (Å²) in [5, 5.41) is 0.267. The highest BCUT2D eigenvalue weighted by atomic mass is 28.4. The molecule has 2 saturated carbocycles. The Morgan fingerprint density at radius 2 is 1.71 bits per heavy atom. The lowest BCUT2D eigenvalue weighted by molar-refractivity contribution is -0.140. The summed E-state index contributed by atoms with van der Waals surface area (Å²) < 4.78 is 12.5. The molecule has 4 unspecified atom stereocenters. The molecule has 0 radical (unpaired) electrons. The molecule has 4 aliphatic rings. The third-order valence-corrected chi connectivity index (χ3v) is 14.6. The average Bonchev–Trinajstić information content (AvgIpc) is 2.97. The Hall–Kier alpha value is -0.873. The van der Waals surface area contributed by atoms with Gasteiger partial charge in [0, 0.05) is 18.4 Å². The Labute approximate surface area is 191 Å². The molecular weight excluding hydrogens is 400 g/mol. The van der Waals surface area contributed by atoms with Crippen molar-refractivity contribution in [2.45, 2.75) is 111 Å². The summed E-state index contributed by atoms with van der Waals surface area (Å²) in [5.41, 5.74) is 2.04. The normalized spacial score (nSPS) is 40.3. The van der Waals surface area contributed by atoms with Crippen LogP contribution in [0, 0.1) is 28.6 Å². The molecular formula is C27H44O3Si. The van der Waals surface area contributed by atoms with Gasteiger partial charge in [-0.25, -0.2) is 0 Å². The molecule has 4 aliphatic carbocycles. The van der Waals surface area contributed by atoms with Gasteiger partial charge in [-0.2, -0.15) is 0 Å². The number of allylic oxidation sites excluding steroid dienone is 3. The zero-order chi connectivity index (χ0) is 22.8. The molecule has 6 atom stereocenters. The highest BCUT2D eigenvalue weighted by Gasteiger charge is 2.58. The van der Waals surface area contributed by atoms with E-state index < -0.39 is 8.32 Å². The first-order chi connectivity index (χ1) is 14.3. The van der Waals surface area contributed by atoms with E-state index in [4.69, 9.17) is 9.16 Å². The predicted octanol–water partition coefficient (Wildman–Crippen LogP) is 7.40. The van der Waals surface area contributed by atoms with Gasteiger partial charge in [0.25, 0.3) is 0 Å². The van der Waals surface area contributed by atoms with E-state index in [0.717, 1.165) is 30.9 Å². The Morgan fingerprint density at radius 1 is 1.03 bits per heavy atom. The second-order valence-corrected chi connectivity index (χ2v) is 17.6. The lowest BCUT2D eigenvalue weighted by Gasteiger charge is -2.58. The van der Waals surface area contributed by atoms with Crippen molar-refractivity contribution < 1.29 is 14.0 Å². The van der Waals surface area contributed by atoms with E-state index in [0.29, 0.717) is 23.4 Å². The monoisotopic (exact) mass is 444 g/mol. The summed E-state index contributed by atoms with van der Waals surface area (Å²) in [4.78, 5) is 11.6. The highest BCUT2D eigenvalue weighted by molar-refractivity contribution is 6.74. The Bertz CT molecular complexity index is 804. The van der Waals surface area contributed by atoms with Gasteiger partial charge in [0.05, 0.1) is 0 Å². The molecule has 0 bridgehead atoms. The van der Waals surface area contributed by atoms with Crippen LogP contribution in [0.3, 0.4) is 0 Å². The first-order valence-corrected chi connectivity index (χ1v) is 15.5. The quantitative estimate of drug-likeness (QED) is 0.258. The van der Waals surface area contributed by atoms with Gasteiger partial charge in [-0.05, 0) is 92.3 Å². The smallest absolute Gasteiger partial charge is 0.307 e. The van der Waals surface area contributed by atoms with Gasteiger partial charge in [0.2, 0.25) is 0 Å². The van der Waals surface area contributed by atoms with Crippen LogP contribution in [0.25, 0.3) is 0 Å². The van der Waals surface area contributed by atoms with Crippen molar-refractivity contribution in [1.82, 2.24) is 0 Å². The number of hydrogen-bond donors (Lipinski definition) is 0. The maximum absolute atomic E-state index is 11.6. The molecule has 0 aromatic rings. The van der Waals surface area contributed by atoms with Crippen molar-refractivity contribution in [3.8, 4) is 0 Å². The van der Waals surface area contributed by atoms with Crippen LogP contribution in [0.4, 0.5) is 0 Å². The molecule has 174 valence electrons. The molecule has 2 fully saturated rings. The average molecular weight is 445 g/mol. The number of carbonyl (C=O) groups is 1. The second-order valence-electron chi connectivity index (χ2n) is 12.9. The van der Waals surface area contributed by atoms with Crippen LogP contribution in [0.5, 0.6) is 0 Å². The van der Waals surface area contributed by atoms with Gasteiger partial charge in [-0.15, -0.1) is 0 Å². The minimum Gasteiger partial charge on any atom is -0.431 e. The Balaban J connectivity index is 1.52. The summed E-state index contributed by atoms with van der Waals surface area (Å²) in [6.45, 7) is 18.2. The molecule has 4 heteroatoms. The minimum atomic E-state index is -1.73. The van der Waals surface area contributed by atoms with Gasteiger partial charge < -0.3 is 9.16 Å². The standard InChI is InChI=1S/C27H44O3Si/c1-18(28)29-24-12-11-22-21-10-9-19-17-20(30-31(7,8)25(2,3)4)13-15-26(19,5)23(21)14-16-27(22,24)6/h9,12,20-23H,10-11,13-17H2,1-8H3/t20?,21?,22?,23?,26-,27-/m0/s1.